The number of rotatable bonds is 0. The normalized spacial score (nSPS) is 59.9. The Hall–Kier alpha value is -0.500. The zero-order valence-electron chi connectivity index (χ0n) is 23.3. The van der Waals surface area contributed by atoms with Crippen LogP contribution in [0.15, 0.2) is 11.1 Å². The van der Waals surface area contributed by atoms with E-state index in [0.29, 0.717) is 18.8 Å². The quantitative estimate of drug-likeness (QED) is 0.373. The molecule has 2 aliphatic heterocycles. The molecule has 2 saturated carbocycles. The topological polar surface area (TPSA) is 99.4 Å². The van der Waals surface area contributed by atoms with E-state index < -0.39 is 23.6 Å². The second-order valence-electron chi connectivity index (χ2n) is 15.1. The molecule has 1 spiro atoms. The van der Waals surface area contributed by atoms with Crippen LogP contribution in [0.2, 0.25) is 0 Å². The van der Waals surface area contributed by atoms with Crippen molar-refractivity contribution in [2.24, 2.45) is 39.4 Å². The average Bonchev–Trinajstić information content (AvgIpc) is 3.15. The van der Waals surface area contributed by atoms with Gasteiger partial charge in [0.2, 0.25) is 0 Å². The van der Waals surface area contributed by atoms with Crippen LogP contribution in [-0.4, -0.2) is 62.8 Å². The van der Waals surface area contributed by atoms with Crippen molar-refractivity contribution in [1.29, 1.82) is 0 Å². The lowest BCUT2D eigenvalue weighted by Gasteiger charge is -2.63. The summed E-state index contributed by atoms with van der Waals surface area (Å²) in [6.45, 7) is 15.4. The summed E-state index contributed by atoms with van der Waals surface area (Å²) in [5, 5.41) is 44.6. The summed E-state index contributed by atoms with van der Waals surface area (Å²) in [7, 11) is 0. The fraction of sp³-hybridized carbons (Fsp3) is 0.933. The highest BCUT2D eigenvalue weighted by molar-refractivity contribution is 5.41. The SMILES string of the molecule is C[C@@H]1C[C@]2(OC[C@](C)(O)[C@H]2O)OC2C[C@@]3(C)C4=C(C[C@@H](O)[C@]3(C)[C@H]21)[C@@]1(C)CC[C@H](O)C(C)(C)[C@@H]1CC4. The van der Waals surface area contributed by atoms with Gasteiger partial charge in [-0.2, -0.15) is 0 Å². The predicted octanol–water partition coefficient (Wildman–Crippen LogP) is 3.94. The Bertz CT molecular complexity index is 988. The molecule has 4 aliphatic carbocycles. The molecule has 204 valence electrons. The molecule has 0 aromatic carbocycles. The first-order valence-electron chi connectivity index (χ1n) is 14.4. The molecule has 6 nitrogen and oxygen atoms in total. The molecule has 0 amide bonds. The van der Waals surface area contributed by atoms with Gasteiger partial charge in [0, 0.05) is 11.8 Å². The van der Waals surface area contributed by atoms with Crippen LogP contribution in [0.25, 0.3) is 0 Å². The van der Waals surface area contributed by atoms with Gasteiger partial charge in [0.25, 0.3) is 0 Å². The molecule has 36 heavy (non-hydrogen) atoms. The monoisotopic (exact) mass is 504 g/mol. The van der Waals surface area contributed by atoms with Gasteiger partial charge >= 0.3 is 0 Å². The molecule has 6 aliphatic rings. The Labute approximate surface area is 216 Å². The summed E-state index contributed by atoms with van der Waals surface area (Å²) in [5.41, 5.74) is 0.955. The molecule has 2 saturated heterocycles. The molecule has 0 aromatic heterocycles. The summed E-state index contributed by atoms with van der Waals surface area (Å²) >= 11 is 0. The van der Waals surface area contributed by atoms with E-state index in [4.69, 9.17) is 9.47 Å². The number of aliphatic hydroxyl groups excluding tert-OH is 3. The summed E-state index contributed by atoms with van der Waals surface area (Å²) in [6, 6.07) is 0. The highest BCUT2D eigenvalue weighted by atomic mass is 16.7. The predicted molar refractivity (Wildman–Crippen MR) is 136 cm³/mol. The second-order valence-corrected chi connectivity index (χ2v) is 15.1. The lowest BCUT2D eigenvalue weighted by molar-refractivity contribution is -0.314. The van der Waals surface area contributed by atoms with Crippen LogP contribution in [0.3, 0.4) is 0 Å². The van der Waals surface area contributed by atoms with Crippen molar-refractivity contribution in [3.63, 3.8) is 0 Å². The van der Waals surface area contributed by atoms with Crippen molar-refractivity contribution >= 4 is 0 Å². The lowest BCUT2D eigenvalue weighted by Crippen LogP contribution is -2.61. The van der Waals surface area contributed by atoms with Gasteiger partial charge < -0.3 is 29.9 Å². The van der Waals surface area contributed by atoms with Gasteiger partial charge in [-0.3, -0.25) is 0 Å². The van der Waals surface area contributed by atoms with E-state index in [-0.39, 0.29) is 52.3 Å². The van der Waals surface area contributed by atoms with Crippen molar-refractivity contribution in [2.45, 2.75) is 129 Å². The molecule has 2 heterocycles. The zero-order valence-corrected chi connectivity index (χ0v) is 23.3. The van der Waals surface area contributed by atoms with Crippen LogP contribution >= 0.6 is 0 Å². The molecule has 12 atom stereocenters. The van der Waals surface area contributed by atoms with E-state index in [1.807, 2.05) is 0 Å². The number of hydrogen-bond acceptors (Lipinski definition) is 6. The van der Waals surface area contributed by atoms with Gasteiger partial charge in [-0.1, -0.05) is 52.7 Å². The standard InChI is InChI=1S/C30H48O6/c1-16-13-30(24(33)28(6,34)15-35-30)36-19-14-27(5)17-8-9-20-25(2,3)21(31)10-11-26(20,4)18(17)12-22(32)29(27,7)23(16)19/h16,19-24,31-34H,8-15H2,1-7H3/t16-,19?,20+,21+,22-,23+,24-,26-,27+,28+,29-,30+/m1/s1. The molecule has 0 aromatic rings. The minimum Gasteiger partial charge on any atom is -0.393 e. The van der Waals surface area contributed by atoms with Gasteiger partial charge in [-0.15, -0.1) is 0 Å². The molecule has 6 heteroatoms. The van der Waals surface area contributed by atoms with Crippen molar-refractivity contribution in [1.82, 2.24) is 0 Å². The third-order valence-electron chi connectivity index (χ3n) is 13.0. The van der Waals surface area contributed by atoms with Crippen LogP contribution < -0.4 is 0 Å². The largest absolute Gasteiger partial charge is 0.393 e. The van der Waals surface area contributed by atoms with Crippen LogP contribution in [0.4, 0.5) is 0 Å². The first-order chi connectivity index (χ1) is 16.5. The molecular weight excluding hydrogens is 456 g/mol. The summed E-state index contributed by atoms with van der Waals surface area (Å²) in [6.07, 6.45) is 3.88. The van der Waals surface area contributed by atoms with Crippen LogP contribution in [0.5, 0.6) is 0 Å². The number of hydrogen-bond donors (Lipinski definition) is 4. The molecule has 0 radical (unpaired) electrons. The van der Waals surface area contributed by atoms with Crippen molar-refractivity contribution < 1.29 is 29.9 Å². The molecular formula is C30H48O6. The van der Waals surface area contributed by atoms with E-state index >= 15 is 0 Å². The smallest absolute Gasteiger partial charge is 0.198 e. The Kier molecular flexibility index (Phi) is 5.27. The third kappa shape index (κ3) is 2.85. The number of allylic oxidation sites excluding steroid dienone is 1. The maximum absolute atomic E-state index is 12.0. The number of ether oxygens (including phenoxy) is 2. The van der Waals surface area contributed by atoms with Crippen LogP contribution in [-0.2, 0) is 9.47 Å². The Morgan fingerprint density at radius 1 is 0.889 bits per heavy atom. The fourth-order valence-corrected chi connectivity index (χ4v) is 10.9. The van der Waals surface area contributed by atoms with Crippen LogP contribution in [0.1, 0.15) is 93.4 Å². The summed E-state index contributed by atoms with van der Waals surface area (Å²) in [4.78, 5) is 0. The molecule has 4 N–H and O–H groups in total. The molecule has 1 unspecified atom stereocenters. The van der Waals surface area contributed by atoms with Crippen molar-refractivity contribution in [3.8, 4) is 0 Å². The van der Waals surface area contributed by atoms with Crippen LogP contribution in [0, 0.1) is 39.4 Å². The van der Waals surface area contributed by atoms with Gasteiger partial charge in [0.05, 0.1) is 24.9 Å². The van der Waals surface area contributed by atoms with E-state index in [9.17, 15) is 20.4 Å². The van der Waals surface area contributed by atoms with Gasteiger partial charge in [-0.05, 0) is 79.4 Å². The highest BCUT2D eigenvalue weighted by Crippen LogP contribution is 2.74. The molecule has 6 rings (SSSR count). The van der Waals surface area contributed by atoms with Gasteiger partial charge in [0.1, 0.15) is 11.7 Å². The minimum absolute atomic E-state index is 0.00739. The number of fused-ring (bicyclic) bond motifs is 6. The maximum atomic E-state index is 12.0. The maximum Gasteiger partial charge on any atom is 0.198 e. The average molecular weight is 505 g/mol. The van der Waals surface area contributed by atoms with E-state index in [0.717, 1.165) is 32.1 Å². The minimum atomic E-state index is -1.33. The summed E-state index contributed by atoms with van der Waals surface area (Å²) < 4.78 is 12.7. The summed E-state index contributed by atoms with van der Waals surface area (Å²) in [5.74, 6) is -0.459. The molecule has 0 bridgehead atoms. The van der Waals surface area contributed by atoms with Gasteiger partial charge in [0.15, 0.2) is 5.79 Å². The highest BCUT2D eigenvalue weighted by Gasteiger charge is 2.73. The van der Waals surface area contributed by atoms with Gasteiger partial charge in [-0.25, -0.2) is 0 Å². The Morgan fingerprint density at radius 3 is 2.22 bits per heavy atom. The second kappa shape index (κ2) is 7.37. The van der Waals surface area contributed by atoms with Crippen molar-refractivity contribution in [2.75, 3.05) is 6.61 Å². The van der Waals surface area contributed by atoms with E-state index in [1.165, 1.54) is 11.1 Å². The number of aliphatic hydroxyl groups is 4. The molecule has 4 fully saturated rings. The fourth-order valence-electron chi connectivity index (χ4n) is 10.9. The first kappa shape index (κ1) is 25.8. The lowest BCUT2D eigenvalue weighted by atomic mass is 9.42. The van der Waals surface area contributed by atoms with E-state index in [2.05, 4.69) is 41.5 Å². The zero-order chi connectivity index (χ0) is 26.3. The first-order valence-corrected chi connectivity index (χ1v) is 14.4. The third-order valence-corrected chi connectivity index (χ3v) is 13.0. The Balaban J connectivity index is 1.42. The van der Waals surface area contributed by atoms with E-state index in [1.54, 1.807) is 6.92 Å². The Morgan fingerprint density at radius 2 is 1.58 bits per heavy atom. The van der Waals surface area contributed by atoms with Crippen molar-refractivity contribution in [3.05, 3.63) is 11.1 Å².